The average molecular weight is 392 g/mol. The number of sulfonamides is 1. The summed E-state index contributed by atoms with van der Waals surface area (Å²) in [6.07, 6.45) is 0.750. The van der Waals surface area contributed by atoms with Crippen LogP contribution < -0.4 is 4.72 Å². The van der Waals surface area contributed by atoms with Gasteiger partial charge in [-0.25, -0.2) is 17.5 Å². The minimum atomic E-state index is -3.62. The van der Waals surface area contributed by atoms with E-state index in [9.17, 15) is 12.8 Å². The van der Waals surface area contributed by atoms with Crippen LogP contribution in [-0.2, 0) is 14.8 Å². The van der Waals surface area contributed by atoms with Gasteiger partial charge in [-0.15, -0.1) is 0 Å². The average Bonchev–Trinajstić information content (AvgIpc) is 2.68. The van der Waals surface area contributed by atoms with Gasteiger partial charge in [0.15, 0.2) is 0 Å². The molecule has 7 heteroatoms. The fourth-order valence-corrected chi connectivity index (χ4v) is 4.31. The molecule has 2 aromatic carbocycles. The topological polar surface area (TPSA) is 58.6 Å². The first kappa shape index (κ1) is 19.9. The number of halogens is 1. The first-order valence-corrected chi connectivity index (χ1v) is 10.6. The Kier molecular flexibility index (Phi) is 6.59. The normalized spacial score (nSPS) is 18.5. The van der Waals surface area contributed by atoms with Gasteiger partial charge in [-0.05, 0) is 49.2 Å². The van der Waals surface area contributed by atoms with Crippen LogP contribution in [0.3, 0.4) is 0 Å². The summed E-state index contributed by atoms with van der Waals surface area (Å²) in [7, 11) is -3.62. The molecule has 27 heavy (non-hydrogen) atoms. The van der Waals surface area contributed by atoms with E-state index in [0.717, 1.165) is 25.2 Å². The van der Waals surface area contributed by atoms with E-state index in [1.807, 2.05) is 18.2 Å². The van der Waals surface area contributed by atoms with Crippen LogP contribution in [0.1, 0.15) is 23.7 Å². The second kappa shape index (κ2) is 8.93. The first-order valence-electron chi connectivity index (χ1n) is 9.10. The van der Waals surface area contributed by atoms with Gasteiger partial charge in [-0.2, -0.15) is 0 Å². The zero-order valence-electron chi connectivity index (χ0n) is 15.4. The van der Waals surface area contributed by atoms with E-state index in [0.29, 0.717) is 25.1 Å². The Hall–Kier alpha value is -1.80. The van der Waals surface area contributed by atoms with Crippen molar-refractivity contribution in [1.82, 2.24) is 9.62 Å². The van der Waals surface area contributed by atoms with Crippen LogP contribution in [0.5, 0.6) is 0 Å². The molecule has 1 atom stereocenters. The third-order valence-electron chi connectivity index (χ3n) is 4.70. The zero-order valence-corrected chi connectivity index (χ0v) is 16.2. The monoisotopic (exact) mass is 392 g/mol. The maximum atomic E-state index is 13.3. The first-order chi connectivity index (χ1) is 13.0. The number of nitrogens with zero attached hydrogens (tertiary/aromatic N) is 1. The predicted molar refractivity (Wildman–Crippen MR) is 103 cm³/mol. The lowest BCUT2D eigenvalue weighted by Crippen LogP contribution is -2.39. The second-order valence-corrected chi connectivity index (χ2v) is 8.50. The van der Waals surface area contributed by atoms with E-state index in [2.05, 4.69) is 21.8 Å². The molecule has 1 fully saturated rings. The minimum Gasteiger partial charge on any atom is -0.371 e. The van der Waals surface area contributed by atoms with Gasteiger partial charge < -0.3 is 4.74 Å². The summed E-state index contributed by atoms with van der Waals surface area (Å²) < 4.78 is 46.4. The van der Waals surface area contributed by atoms with Crippen LogP contribution in [0, 0.1) is 12.7 Å². The molecule has 1 unspecified atom stereocenters. The number of aryl methyl sites for hydroxylation is 1. The zero-order chi connectivity index (χ0) is 19.3. The van der Waals surface area contributed by atoms with Crippen molar-refractivity contribution in [1.29, 1.82) is 0 Å². The molecule has 0 radical (unpaired) electrons. The lowest BCUT2D eigenvalue weighted by atomic mass is 10.1. The van der Waals surface area contributed by atoms with E-state index in [4.69, 9.17) is 4.74 Å². The summed E-state index contributed by atoms with van der Waals surface area (Å²) in [5, 5.41) is 0. The molecule has 146 valence electrons. The van der Waals surface area contributed by atoms with Crippen molar-refractivity contribution in [3.8, 4) is 0 Å². The van der Waals surface area contributed by atoms with E-state index in [1.165, 1.54) is 18.2 Å². The molecule has 2 aromatic rings. The number of nitrogens with one attached hydrogen (secondary N) is 1. The van der Waals surface area contributed by atoms with Gasteiger partial charge in [0.25, 0.3) is 0 Å². The van der Waals surface area contributed by atoms with Crippen LogP contribution in [0.2, 0.25) is 0 Å². The predicted octanol–water partition coefficient (Wildman–Crippen LogP) is 2.88. The van der Waals surface area contributed by atoms with E-state index in [-0.39, 0.29) is 11.0 Å². The van der Waals surface area contributed by atoms with Crippen LogP contribution in [0.25, 0.3) is 0 Å². The Bertz CT molecular complexity index is 859. The summed E-state index contributed by atoms with van der Waals surface area (Å²) in [4.78, 5) is 2.38. The molecule has 1 aliphatic rings. The number of rotatable bonds is 7. The van der Waals surface area contributed by atoms with E-state index < -0.39 is 15.8 Å². The number of hydrogen-bond donors (Lipinski definition) is 1. The number of benzene rings is 2. The molecule has 0 amide bonds. The molecule has 0 bridgehead atoms. The number of hydrogen-bond acceptors (Lipinski definition) is 4. The highest BCUT2D eigenvalue weighted by atomic mass is 32.2. The lowest BCUT2D eigenvalue weighted by molar-refractivity contribution is -0.0300. The molecule has 1 aliphatic heterocycles. The Morgan fingerprint density at radius 3 is 2.74 bits per heavy atom. The maximum absolute atomic E-state index is 13.3. The van der Waals surface area contributed by atoms with E-state index >= 15 is 0 Å². The smallest absolute Gasteiger partial charge is 0.240 e. The summed E-state index contributed by atoms with van der Waals surface area (Å²) in [5.74, 6) is -0.408. The molecule has 1 heterocycles. The second-order valence-electron chi connectivity index (χ2n) is 6.73. The van der Waals surface area contributed by atoms with Gasteiger partial charge in [0.05, 0.1) is 17.6 Å². The largest absolute Gasteiger partial charge is 0.371 e. The standard InChI is InChI=1S/C20H25FN2O3S/c1-16-14-18(8-9-19(16)21)27(24,25)22-10-5-11-23-12-13-26-20(15-23)17-6-3-2-4-7-17/h2-4,6-9,14,20,22H,5,10-13,15H2,1H3. The molecule has 0 aliphatic carbocycles. The van der Waals surface area contributed by atoms with Gasteiger partial charge in [0, 0.05) is 19.6 Å². The molecular weight excluding hydrogens is 367 g/mol. The van der Waals surface area contributed by atoms with Gasteiger partial charge in [-0.3, -0.25) is 4.90 Å². The minimum absolute atomic E-state index is 0.0545. The molecule has 1 N–H and O–H groups in total. The van der Waals surface area contributed by atoms with Crippen molar-refractivity contribution in [2.24, 2.45) is 0 Å². The summed E-state index contributed by atoms with van der Waals surface area (Å²) in [5.41, 5.74) is 1.48. The fraction of sp³-hybridized carbons (Fsp3) is 0.400. The van der Waals surface area contributed by atoms with Gasteiger partial charge in [0.2, 0.25) is 10.0 Å². The molecule has 0 aromatic heterocycles. The van der Waals surface area contributed by atoms with Crippen molar-refractivity contribution in [2.75, 3.05) is 32.8 Å². The molecular formula is C20H25FN2O3S. The highest BCUT2D eigenvalue weighted by Gasteiger charge is 2.21. The molecule has 1 saturated heterocycles. The summed E-state index contributed by atoms with van der Waals surface area (Å²) >= 11 is 0. The fourth-order valence-electron chi connectivity index (χ4n) is 3.15. The molecule has 3 rings (SSSR count). The van der Waals surface area contributed by atoms with Gasteiger partial charge in [0.1, 0.15) is 5.82 Å². The number of morpholine rings is 1. The highest BCUT2D eigenvalue weighted by Crippen LogP contribution is 2.22. The quantitative estimate of drug-likeness (QED) is 0.736. The summed E-state index contributed by atoms with van der Waals surface area (Å²) in [6.45, 7) is 4.99. The van der Waals surface area contributed by atoms with Crippen molar-refractivity contribution in [3.05, 3.63) is 65.5 Å². The summed E-state index contributed by atoms with van der Waals surface area (Å²) in [6, 6.07) is 13.9. The van der Waals surface area contributed by atoms with Crippen LogP contribution >= 0.6 is 0 Å². The molecule has 5 nitrogen and oxygen atoms in total. The highest BCUT2D eigenvalue weighted by molar-refractivity contribution is 7.89. The molecule has 0 saturated carbocycles. The third kappa shape index (κ3) is 5.35. The van der Waals surface area contributed by atoms with Crippen molar-refractivity contribution in [2.45, 2.75) is 24.3 Å². The van der Waals surface area contributed by atoms with Crippen molar-refractivity contribution >= 4 is 10.0 Å². The Balaban J connectivity index is 1.47. The third-order valence-corrected chi connectivity index (χ3v) is 6.16. The maximum Gasteiger partial charge on any atom is 0.240 e. The van der Waals surface area contributed by atoms with Gasteiger partial charge in [-0.1, -0.05) is 30.3 Å². The van der Waals surface area contributed by atoms with Crippen molar-refractivity contribution in [3.63, 3.8) is 0 Å². The van der Waals surface area contributed by atoms with Crippen molar-refractivity contribution < 1.29 is 17.5 Å². The van der Waals surface area contributed by atoms with E-state index in [1.54, 1.807) is 6.92 Å². The van der Waals surface area contributed by atoms with Crippen LogP contribution in [0.4, 0.5) is 4.39 Å². The SMILES string of the molecule is Cc1cc(S(=O)(=O)NCCCN2CCOC(c3ccccc3)C2)ccc1F. The Morgan fingerprint density at radius 1 is 1.22 bits per heavy atom. The van der Waals surface area contributed by atoms with Gasteiger partial charge >= 0.3 is 0 Å². The number of ether oxygens (including phenoxy) is 1. The molecule has 0 spiro atoms. The van der Waals surface area contributed by atoms with Crippen LogP contribution in [0.15, 0.2) is 53.4 Å². The Labute approximate surface area is 160 Å². The van der Waals surface area contributed by atoms with Crippen LogP contribution in [-0.4, -0.2) is 46.1 Å². The lowest BCUT2D eigenvalue weighted by Gasteiger charge is -2.33. The Morgan fingerprint density at radius 2 is 2.00 bits per heavy atom.